The lowest BCUT2D eigenvalue weighted by molar-refractivity contribution is -0.385. The van der Waals surface area contributed by atoms with Crippen molar-refractivity contribution >= 4 is 22.6 Å². The maximum absolute atomic E-state index is 10.8. The first-order chi connectivity index (χ1) is 7.09. The minimum Gasteiger partial charge on any atom is -0.477 e. The van der Waals surface area contributed by atoms with Crippen LogP contribution in [-0.4, -0.2) is 26.2 Å². The molecular formula is C8H5N3O4. The van der Waals surface area contributed by atoms with E-state index in [-0.39, 0.29) is 5.56 Å². The van der Waals surface area contributed by atoms with Crippen LogP contribution in [0.2, 0.25) is 0 Å². The number of carboxylic acids is 1. The number of aromatic amines is 1. The Kier molecular flexibility index (Phi) is 1.86. The van der Waals surface area contributed by atoms with Gasteiger partial charge in [-0.1, -0.05) is 0 Å². The van der Waals surface area contributed by atoms with Gasteiger partial charge in [0.25, 0.3) is 5.69 Å². The van der Waals surface area contributed by atoms with E-state index in [9.17, 15) is 14.9 Å². The number of nitrogens with one attached hydrogen (secondary N) is 1. The predicted octanol–water partition coefficient (Wildman–Crippen LogP) is 1.17. The normalized spacial score (nSPS) is 10.4. The summed E-state index contributed by atoms with van der Waals surface area (Å²) in [6.45, 7) is 0. The topological polar surface area (TPSA) is 109 Å². The zero-order valence-corrected chi connectivity index (χ0v) is 7.30. The van der Waals surface area contributed by atoms with E-state index in [1.807, 2.05) is 0 Å². The van der Waals surface area contributed by atoms with Gasteiger partial charge in [-0.2, -0.15) is 5.10 Å². The van der Waals surface area contributed by atoms with Gasteiger partial charge in [-0.25, -0.2) is 4.79 Å². The lowest BCUT2D eigenvalue weighted by Crippen LogP contribution is -2.02. The van der Waals surface area contributed by atoms with E-state index in [4.69, 9.17) is 5.11 Å². The second-order valence-electron chi connectivity index (χ2n) is 2.89. The number of aromatic nitrogens is 2. The fraction of sp³-hybridized carbons (Fsp3) is 0. The molecule has 0 spiro atoms. The molecule has 0 aliphatic heterocycles. The van der Waals surface area contributed by atoms with Crippen LogP contribution in [0.1, 0.15) is 10.4 Å². The highest BCUT2D eigenvalue weighted by Crippen LogP contribution is 2.24. The Balaban J connectivity index is 2.79. The van der Waals surface area contributed by atoms with E-state index in [0.29, 0.717) is 10.9 Å². The molecule has 0 saturated heterocycles. The third-order valence-electron chi connectivity index (χ3n) is 1.98. The number of fused-ring (bicyclic) bond motifs is 1. The van der Waals surface area contributed by atoms with Crippen molar-refractivity contribution in [2.45, 2.75) is 0 Å². The van der Waals surface area contributed by atoms with Gasteiger partial charge in [-0.05, 0) is 6.07 Å². The van der Waals surface area contributed by atoms with Gasteiger partial charge < -0.3 is 5.11 Å². The highest BCUT2D eigenvalue weighted by Gasteiger charge is 2.20. The summed E-state index contributed by atoms with van der Waals surface area (Å²) in [5, 5.41) is 26.1. The van der Waals surface area contributed by atoms with Crippen molar-refractivity contribution in [1.29, 1.82) is 0 Å². The first kappa shape index (κ1) is 9.13. The highest BCUT2D eigenvalue weighted by atomic mass is 16.6. The number of hydrogen-bond acceptors (Lipinski definition) is 4. The van der Waals surface area contributed by atoms with Crippen molar-refractivity contribution in [2.75, 3.05) is 0 Å². The van der Waals surface area contributed by atoms with Gasteiger partial charge in [-0.3, -0.25) is 15.2 Å². The summed E-state index contributed by atoms with van der Waals surface area (Å²) >= 11 is 0. The van der Waals surface area contributed by atoms with Crippen LogP contribution in [0.25, 0.3) is 10.9 Å². The van der Waals surface area contributed by atoms with E-state index in [0.717, 1.165) is 6.07 Å². The van der Waals surface area contributed by atoms with Crippen LogP contribution in [-0.2, 0) is 0 Å². The summed E-state index contributed by atoms with van der Waals surface area (Å²) in [5.74, 6) is -1.33. The van der Waals surface area contributed by atoms with Crippen molar-refractivity contribution in [1.82, 2.24) is 10.2 Å². The Bertz CT molecular complexity index is 512. The summed E-state index contributed by atoms with van der Waals surface area (Å²) in [6.07, 6.45) is 1.41. The molecule has 2 N–H and O–H groups in total. The lowest BCUT2D eigenvalue weighted by Gasteiger charge is -1.97. The molecule has 0 aliphatic carbocycles. The van der Waals surface area contributed by atoms with Gasteiger partial charge in [-0.15, -0.1) is 0 Å². The summed E-state index contributed by atoms with van der Waals surface area (Å²) in [7, 11) is 0. The number of aromatic carboxylic acids is 1. The molecule has 1 aromatic carbocycles. The van der Waals surface area contributed by atoms with E-state index in [1.165, 1.54) is 12.3 Å². The molecule has 76 valence electrons. The van der Waals surface area contributed by atoms with Crippen LogP contribution in [0.5, 0.6) is 0 Å². The second-order valence-corrected chi connectivity index (χ2v) is 2.89. The fourth-order valence-electron chi connectivity index (χ4n) is 1.30. The van der Waals surface area contributed by atoms with Crippen LogP contribution in [0.15, 0.2) is 18.3 Å². The summed E-state index contributed by atoms with van der Waals surface area (Å²) in [4.78, 5) is 20.6. The first-order valence-corrected chi connectivity index (χ1v) is 3.94. The highest BCUT2D eigenvalue weighted by molar-refractivity contribution is 5.98. The van der Waals surface area contributed by atoms with Gasteiger partial charge >= 0.3 is 5.97 Å². The zero-order valence-electron chi connectivity index (χ0n) is 7.30. The minimum absolute atomic E-state index is 0.339. The molecule has 1 aromatic heterocycles. The molecule has 1 heterocycles. The Morgan fingerprint density at radius 2 is 2.27 bits per heavy atom. The Morgan fingerprint density at radius 3 is 2.87 bits per heavy atom. The average molecular weight is 207 g/mol. The van der Waals surface area contributed by atoms with E-state index >= 15 is 0 Å². The van der Waals surface area contributed by atoms with E-state index in [1.54, 1.807) is 0 Å². The third kappa shape index (κ3) is 1.39. The smallest absolute Gasteiger partial charge is 0.342 e. The van der Waals surface area contributed by atoms with Crippen molar-refractivity contribution in [2.24, 2.45) is 0 Å². The number of nitro benzene ring substituents is 1. The standard InChI is InChI=1S/C8H5N3O4/c12-8(13)5-1-4-3-9-10-6(4)2-7(5)11(14)15/h1-3H,(H,9,10)(H,12,13). The summed E-state index contributed by atoms with van der Waals surface area (Å²) < 4.78 is 0. The predicted molar refractivity (Wildman–Crippen MR) is 49.7 cm³/mol. The SMILES string of the molecule is O=C(O)c1cc2cn[nH]c2cc1[N+](=O)[O-]. The fourth-order valence-corrected chi connectivity index (χ4v) is 1.30. The van der Waals surface area contributed by atoms with Crippen LogP contribution < -0.4 is 0 Å². The number of nitro groups is 1. The molecule has 2 rings (SSSR count). The molecule has 0 fully saturated rings. The molecule has 0 unspecified atom stereocenters. The maximum atomic E-state index is 10.8. The van der Waals surface area contributed by atoms with Gasteiger partial charge in [0.2, 0.25) is 0 Å². The number of H-pyrrole nitrogens is 1. The number of carbonyl (C=O) groups is 1. The molecule has 0 aliphatic rings. The first-order valence-electron chi connectivity index (χ1n) is 3.94. The van der Waals surface area contributed by atoms with Crippen molar-refractivity contribution in [3.8, 4) is 0 Å². The van der Waals surface area contributed by atoms with Crippen LogP contribution >= 0.6 is 0 Å². The molecule has 0 amide bonds. The Morgan fingerprint density at radius 1 is 1.53 bits per heavy atom. The number of benzene rings is 1. The van der Waals surface area contributed by atoms with Gasteiger partial charge in [0.15, 0.2) is 0 Å². The van der Waals surface area contributed by atoms with Gasteiger partial charge in [0.1, 0.15) is 5.56 Å². The largest absolute Gasteiger partial charge is 0.477 e. The number of carboxylic acid groups (broad SMARTS) is 1. The van der Waals surface area contributed by atoms with E-state index < -0.39 is 16.6 Å². The average Bonchev–Trinajstić information content (AvgIpc) is 2.61. The number of nitrogens with zero attached hydrogens (tertiary/aromatic N) is 2. The minimum atomic E-state index is -1.33. The molecule has 0 atom stereocenters. The maximum Gasteiger partial charge on any atom is 0.342 e. The second kappa shape index (κ2) is 3.05. The molecule has 0 bridgehead atoms. The number of rotatable bonds is 2. The lowest BCUT2D eigenvalue weighted by atomic mass is 10.1. The quantitative estimate of drug-likeness (QED) is 0.567. The molecule has 7 heteroatoms. The summed E-state index contributed by atoms with van der Waals surface area (Å²) in [6, 6.07) is 2.38. The monoisotopic (exact) mass is 207 g/mol. The molecule has 0 saturated carbocycles. The molecule has 0 radical (unpaired) electrons. The van der Waals surface area contributed by atoms with Crippen LogP contribution in [0.3, 0.4) is 0 Å². The van der Waals surface area contributed by atoms with Gasteiger partial charge in [0.05, 0.1) is 16.6 Å². The van der Waals surface area contributed by atoms with Crippen molar-refractivity contribution < 1.29 is 14.8 Å². The van der Waals surface area contributed by atoms with Crippen molar-refractivity contribution in [3.63, 3.8) is 0 Å². The number of hydrogen-bond donors (Lipinski definition) is 2. The Hall–Kier alpha value is -2.44. The Labute approximate surface area is 82.5 Å². The van der Waals surface area contributed by atoms with Gasteiger partial charge in [0, 0.05) is 11.5 Å². The van der Waals surface area contributed by atoms with Crippen LogP contribution in [0.4, 0.5) is 5.69 Å². The molecule has 7 nitrogen and oxygen atoms in total. The molecule has 2 aromatic rings. The molecule has 15 heavy (non-hydrogen) atoms. The summed E-state index contributed by atoms with van der Waals surface area (Å²) in [5.41, 5.74) is -0.347. The molecular weight excluding hydrogens is 202 g/mol. The van der Waals surface area contributed by atoms with Crippen molar-refractivity contribution in [3.05, 3.63) is 34.0 Å². The van der Waals surface area contributed by atoms with E-state index in [2.05, 4.69) is 10.2 Å². The third-order valence-corrected chi connectivity index (χ3v) is 1.98. The zero-order chi connectivity index (χ0) is 11.0. The van der Waals surface area contributed by atoms with Crippen LogP contribution in [0, 0.1) is 10.1 Å².